The lowest BCUT2D eigenvalue weighted by molar-refractivity contribution is -0.143. The van der Waals surface area contributed by atoms with E-state index >= 15 is 0 Å². The van der Waals surface area contributed by atoms with Crippen molar-refractivity contribution in [2.45, 2.75) is 12.0 Å². The molecule has 3 aromatic rings. The number of benzene rings is 1. The standard InChI is InChI=1S/C21H21N5O3/c1-25-10-9-21(29,20(25)28)18-12-17(26(2)24-18)14-6-3-5-13(11-14)15-7-4-8-16(23-15)19(22)27/h3-8,11-12,29H,9-10H2,1-2H3,(H2,22,27). The molecule has 1 fully saturated rings. The maximum Gasteiger partial charge on any atom is 0.267 e. The molecule has 3 heterocycles. The van der Waals surface area contributed by atoms with Crippen molar-refractivity contribution < 1.29 is 14.7 Å². The molecule has 1 aliphatic rings. The van der Waals surface area contributed by atoms with E-state index in [0.717, 1.165) is 16.8 Å². The molecule has 148 valence electrons. The zero-order valence-electron chi connectivity index (χ0n) is 16.2. The number of rotatable bonds is 4. The zero-order valence-corrected chi connectivity index (χ0v) is 16.2. The van der Waals surface area contributed by atoms with Gasteiger partial charge in [0.1, 0.15) is 11.4 Å². The fourth-order valence-electron chi connectivity index (χ4n) is 3.60. The number of aromatic nitrogens is 3. The van der Waals surface area contributed by atoms with E-state index < -0.39 is 11.5 Å². The Labute approximate surface area is 167 Å². The molecule has 29 heavy (non-hydrogen) atoms. The number of nitrogens with two attached hydrogens (primary N) is 1. The normalized spacial score (nSPS) is 19.0. The largest absolute Gasteiger partial charge is 0.374 e. The van der Waals surface area contributed by atoms with Crippen LogP contribution in [0.25, 0.3) is 22.5 Å². The van der Waals surface area contributed by atoms with Gasteiger partial charge in [0, 0.05) is 38.2 Å². The molecule has 1 unspecified atom stereocenters. The van der Waals surface area contributed by atoms with Crippen LogP contribution in [-0.4, -0.2) is 50.2 Å². The van der Waals surface area contributed by atoms with Crippen molar-refractivity contribution in [2.75, 3.05) is 13.6 Å². The van der Waals surface area contributed by atoms with Crippen LogP contribution in [0.15, 0.2) is 48.5 Å². The first-order chi connectivity index (χ1) is 13.8. The Hall–Kier alpha value is -3.52. The molecular formula is C21H21N5O3. The highest BCUT2D eigenvalue weighted by atomic mass is 16.3. The molecule has 8 nitrogen and oxygen atoms in total. The molecule has 1 aliphatic heterocycles. The number of aliphatic hydroxyl groups is 1. The topological polar surface area (TPSA) is 114 Å². The highest BCUT2D eigenvalue weighted by molar-refractivity contribution is 5.91. The second-order valence-electron chi connectivity index (χ2n) is 7.23. The van der Waals surface area contributed by atoms with E-state index in [-0.39, 0.29) is 11.6 Å². The van der Waals surface area contributed by atoms with Crippen LogP contribution in [0.3, 0.4) is 0 Å². The molecule has 1 saturated heterocycles. The monoisotopic (exact) mass is 391 g/mol. The summed E-state index contributed by atoms with van der Waals surface area (Å²) in [5.74, 6) is -0.929. The van der Waals surface area contributed by atoms with E-state index in [1.54, 1.807) is 43.0 Å². The summed E-state index contributed by atoms with van der Waals surface area (Å²) in [6.45, 7) is 0.485. The number of likely N-dealkylation sites (N-methyl/N-ethyl adjacent to an activating group) is 1. The maximum absolute atomic E-state index is 12.4. The molecule has 0 spiro atoms. The Morgan fingerprint density at radius 1 is 1.14 bits per heavy atom. The van der Waals surface area contributed by atoms with Crippen LogP contribution in [0.5, 0.6) is 0 Å². The molecule has 1 atom stereocenters. The average molecular weight is 391 g/mol. The van der Waals surface area contributed by atoms with Gasteiger partial charge in [0.05, 0.1) is 11.4 Å². The van der Waals surface area contributed by atoms with E-state index in [1.807, 2.05) is 24.3 Å². The maximum atomic E-state index is 12.4. The van der Waals surface area contributed by atoms with Crippen LogP contribution in [-0.2, 0) is 17.4 Å². The number of nitrogens with zero attached hydrogens (tertiary/aromatic N) is 4. The van der Waals surface area contributed by atoms with E-state index in [4.69, 9.17) is 5.73 Å². The fraction of sp³-hybridized carbons (Fsp3) is 0.238. The van der Waals surface area contributed by atoms with Crippen molar-refractivity contribution in [3.8, 4) is 22.5 Å². The second kappa shape index (κ2) is 6.82. The molecule has 8 heteroatoms. The van der Waals surface area contributed by atoms with Gasteiger partial charge >= 0.3 is 0 Å². The van der Waals surface area contributed by atoms with Crippen LogP contribution < -0.4 is 5.73 Å². The summed E-state index contributed by atoms with van der Waals surface area (Å²) in [5.41, 5.74) is 7.29. The van der Waals surface area contributed by atoms with Gasteiger partial charge in [0.15, 0.2) is 5.60 Å². The molecule has 3 N–H and O–H groups in total. The van der Waals surface area contributed by atoms with Gasteiger partial charge in [-0.3, -0.25) is 14.3 Å². The Kier molecular flexibility index (Phi) is 4.43. The van der Waals surface area contributed by atoms with Gasteiger partial charge in [0.25, 0.3) is 11.8 Å². The lowest BCUT2D eigenvalue weighted by Crippen LogP contribution is -2.36. The molecule has 4 rings (SSSR count). The van der Waals surface area contributed by atoms with Gasteiger partial charge in [-0.05, 0) is 24.3 Å². The Balaban J connectivity index is 1.73. The fourth-order valence-corrected chi connectivity index (χ4v) is 3.60. The van der Waals surface area contributed by atoms with Gasteiger partial charge in [-0.25, -0.2) is 4.98 Å². The van der Waals surface area contributed by atoms with Crippen LogP contribution in [0.2, 0.25) is 0 Å². The van der Waals surface area contributed by atoms with Gasteiger partial charge in [-0.1, -0.05) is 24.3 Å². The minimum Gasteiger partial charge on any atom is -0.374 e. The summed E-state index contributed by atoms with van der Waals surface area (Å²) in [6.07, 6.45) is 0.308. The van der Waals surface area contributed by atoms with E-state index in [0.29, 0.717) is 24.4 Å². The molecule has 0 bridgehead atoms. The highest BCUT2D eigenvalue weighted by Gasteiger charge is 2.47. The van der Waals surface area contributed by atoms with Crippen molar-refractivity contribution in [3.63, 3.8) is 0 Å². The van der Waals surface area contributed by atoms with Gasteiger partial charge < -0.3 is 15.7 Å². The van der Waals surface area contributed by atoms with Gasteiger partial charge in [0.2, 0.25) is 0 Å². The first-order valence-corrected chi connectivity index (χ1v) is 9.20. The van der Waals surface area contributed by atoms with Crippen molar-refractivity contribution in [3.05, 3.63) is 59.9 Å². The summed E-state index contributed by atoms with van der Waals surface area (Å²) in [6, 6.07) is 14.4. The summed E-state index contributed by atoms with van der Waals surface area (Å²) in [5, 5.41) is 15.3. The van der Waals surface area contributed by atoms with E-state index in [1.165, 1.54) is 4.90 Å². The summed E-state index contributed by atoms with van der Waals surface area (Å²) >= 11 is 0. The van der Waals surface area contributed by atoms with Gasteiger partial charge in [-0.2, -0.15) is 5.10 Å². The first kappa shape index (κ1) is 18.8. The van der Waals surface area contributed by atoms with E-state index in [2.05, 4.69) is 10.1 Å². The first-order valence-electron chi connectivity index (χ1n) is 9.20. The summed E-state index contributed by atoms with van der Waals surface area (Å²) in [7, 11) is 3.44. The van der Waals surface area contributed by atoms with Gasteiger partial charge in [-0.15, -0.1) is 0 Å². The second-order valence-corrected chi connectivity index (χ2v) is 7.23. The Morgan fingerprint density at radius 3 is 2.55 bits per heavy atom. The van der Waals surface area contributed by atoms with Crippen molar-refractivity contribution in [2.24, 2.45) is 12.8 Å². The predicted octanol–water partition coefficient (Wildman–Crippen LogP) is 1.30. The number of primary amides is 1. The lowest BCUT2D eigenvalue weighted by atomic mass is 9.97. The third-order valence-corrected chi connectivity index (χ3v) is 5.27. The van der Waals surface area contributed by atoms with Crippen LogP contribution in [0.4, 0.5) is 0 Å². The minimum absolute atomic E-state index is 0.196. The third kappa shape index (κ3) is 3.17. The number of pyridine rings is 1. The predicted molar refractivity (Wildman–Crippen MR) is 107 cm³/mol. The lowest BCUT2D eigenvalue weighted by Gasteiger charge is -2.17. The molecule has 0 saturated carbocycles. The zero-order chi connectivity index (χ0) is 20.8. The number of aryl methyl sites for hydroxylation is 1. The van der Waals surface area contributed by atoms with Crippen LogP contribution in [0, 0.1) is 0 Å². The van der Waals surface area contributed by atoms with Crippen molar-refractivity contribution in [1.82, 2.24) is 19.7 Å². The molecule has 0 radical (unpaired) electrons. The number of hydrogen-bond acceptors (Lipinski definition) is 5. The molecular weight excluding hydrogens is 370 g/mol. The van der Waals surface area contributed by atoms with Crippen LogP contribution in [0.1, 0.15) is 22.6 Å². The molecule has 2 amide bonds. The third-order valence-electron chi connectivity index (χ3n) is 5.27. The molecule has 0 aliphatic carbocycles. The Morgan fingerprint density at radius 2 is 1.86 bits per heavy atom. The number of carbonyl (C=O) groups is 2. The minimum atomic E-state index is -1.60. The number of carbonyl (C=O) groups excluding carboxylic acids is 2. The molecule has 2 aromatic heterocycles. The smallest absolute Gasteiger partial charge is 0.267 e. The number of hydrogen-bond donors (Lipinski definition) is 2. The quantitative estimate of drug-likeness (QED) is 0.696. The van der Waals surface area contributed by atoms with Crippen molar-refractivity contribution in [1.29, 1.82) is 0 Å². The van der Waals surface area contributed by atoms with Crippen LogP contribution >= 0.6 is 0 Å². The SMILES string of the molecule is CN1CCC(O)(c2cc(-c3cccc(-c4cccc(C(N)=O)n4)c3)n(C)n2)C1=O. The highest BCUT2D eigenvalue weighted by Crippen LogP contribution is 2.34. The summed E-state index contributed by atoms with van der Waals surface area (Å²) in [4.78, 5) is 29.6. The number of amides is 2. The van der Waals surface area contributed by atoms with E-state index in [9.17, 15) is 14.7 Å². The number of likely N-dealkylation sites (tertiary alicyclic amines) is 1. The summed E-state index contributed by atoms with van der Waals surface area (Å²) < 4.78 is 1.64. The Bertz CT molecular complexity index is 1120. The average Bonchev–Trinajstić information content (AvgIpc) is 3.24. The molecule has 1 aromatic carbocycles. The van der Waals surface area contributed by atoms with Crippen molar-refractivity contribution >= 4 is 11.8 Å².